The first kappa shape index (κ1) is 11.1. The molecule has 8 nitrogen and oxygen atoms in total. The van der Waals surface area contributed by atoms with Crippen LogP contribution in [0.2, 0.25) is 0 Å². The first-order valence-corrected chi connectivity index (χ1v) is 5.06. The van der Waals surface area contributed by atoms with Gasteiger partial charge in [-0.25, -0.2) is 0 Å². The molecule has 1 unspecified atom stereocenters. The van der Waals surface area contributed by atoms with Crippen LogP contribution < -0.4 is 16.4 Å². The number of nitrogens with zero attached hydrogens (tertiary/aromatic N) is 3. The Hall–Kier alpha value is -2.38. The fraction of sp³-hybridized carbons (Fsp3) is 0.333. The van der Waals surface area contributed by atoms with E-state index in [1.165, 1.54) is 0 Å². The van der Waals surface area contributed by atoms with Gasteiger partial charge in [0.2, 0.25) is 11.9 Å². The van der Waals surface area contributed by atoms with Gasteiger partial charge in [-0.05, 0) is 6.92 Å². The molecule has 0 saturated carbocycles. The zero-order chi connectivity index (χ0) is 12.4. The van der Waals surface area contributed by atoms with Gasteiger partial charge in [0.05, 0.1) is 11.6 Å². The molecule has 1 amide bonds. The van der Waals surface area contributed by atoms with Gasteiger partial charge in [-0.15, -0.1) is 0 Å². The van der Waals surface area contributed by atoms with E-state index in [4.69, 9.17) is 5.73 Å². The lowest BCUT2D eigenvalue weighted by Gasteiger charge is -2.12. The largest absolute Gasteiger partial charge is 0.368 e. The molecule has 0 saturated heterocycles. The summed E-state index contributed by atoms with van der Waals surface area (Å²) < 4.78 is 0. The van der Waals surface area contributed by atoms with Crippen LogP contribution >= 0.6 is 0 Å². The van der Waals surface area contributed by atoms with Crippen molar-refractivity contribution in [2.75, 3.05) is 17.7 Å². The van der Waals surface area contributed by atoms with Crippen molar-refractivity contribution in [1.29, 1.82) is 0 Å². The maximum absolute atomic E-state index is 11.0. The van der Waals surface area contributed by atoms with E-state index >= 15 is 0 Å². The molecule has 0 spiro atoms. The second-order valence-electron chi connectivity index (χ2n) is 3.55. The molecule has 90 valence electrons. The van der Waals surface area contributed by atoms with Gasteiger partial charge in [-0.2, -0.15) is 15.1 Å². The first-order chi connectivity index (χ1) is 8.11. The van der Waals surface area contributed by atoms with Crippen LogP contribution in [-0.2, 0) is 4.79 Å². The number of aromatic nitrogens is 4. The van der Waals surface area contributed by atoms with E-state index in [1.807, 2.05) is 0 Å². The number of carbonyl (C=O) groups is 1. The number of carbonyl (C=O) groups excluding carboxylic acids is 1. The number of amides is 1. The standard InChI is InChI=1S/C9H13N7O/c1-4(6(10)17)13-7-5-3-12-16-8(5)15-9(11-2)14-7/h3-4H,1-2H3,(H2,10,17)(H3,11,12,13,14,15,16). The van der Waals surface area contributed by atoms with Crippen molar-refractivity contribution < 1.29 is 4.79 Å². The van der Waals surface area contributed by atoms with Crippen molar-refractivity contribution in [2.45, 2.75) is 13.0 Å². The lowest BCUT2D eigenvalue weighted by Crippen LogP contribution is -2.32. The summed E-state index contributed by atoms with van der Waals surface area (Å²) in [4.78, 5) is 19.4. The van der Waals surface area contributed by atoms with E-state index in [0.29, 0.717) is 22.8 Å². The molecular weight excluding hydrogens is 222 g/mol. The molecular formula is C9H13N7O. The number of hydrogen-bond donors (Lipinski definition) is 4. The fourth-order valence-electron chi connectivity index (χ4n) is 1.33. The molecule has 17 heavy (non-hydrogen) atoms. The minimum Gasteiger partial charge on any atom is -0.368 e. The lowest BCUT2D eigenvalue weighted by atomic mass is 10.3. The van der Waals surface area contributed by atoms with Gasteiger partial charge in [-0.3, -0.25) is 9.89 Å². The Morgan fingerprint density at radius 1 is 1.53 bits per heavy atom. The van der Waals surface area contributed by atoms with Gasteiger partial charge in [0.25, 0.3) is 0 Å². The molecule has 0 bridgehead atoms. The smallest absolute Gasteiger partial charge is 0.239 e. The SMILES string of the molecule is CNc1nc(NC(C)C(N)=O)c2cn[nH]c2n1. The van der Waals surface area contributed by atoms with Crippen molar-refractivity contribution in [1.82, 2.24) is 20.2 Å². The molecule has 1 atom stereocenters. The van der Waals surface area contributed by atoms with Crippen molar-refractivity contribution >= 4 is 28.7 Å². The highest BCUT2D eigenvalue weighted by atomic mass is 16.1. The number of nitrogens with two attached hydrogens (primary N) is 1. The third kappa shape index (κ3) is 2.10. The molecule has 5 N–H and O–H groups in total. The number of rotatable bonds is 4. The molecule has 8 heteroatoms. The lowest BCUT2D eigenvalue weighted by molar-refractivity contribution is -0.118. The summed E-state index contributed by atoms with van der Waals surface area (Å²) in [7, 11) is 1.71. The normalized spacial score (nSPS) is 12.4. The van der Waals surface area contributed by atoms with E-state index in [9.17, 15) is 4.79 Å². The van der Waals surface area contributed by atoms with Gasteiger partial charge in [0.1, 0.15) is 11.9 Å². The number of fused-ring (bicyclic) bond motifs is 1. The van der Waals surface area contributed by atoms with E-state index in [-0.39, 0.29) is 0 Å². The van der Waals surface area contributed by atoms with Crippen molar-refractivity contribution in [3.8, 4) is 0 Å². The minimum atomic E-state index is -0.521. The minimum absolute atomic E-state index is 0.431. The molecule has 2 aromatic rings. The molecule has 0 aliphatic carbocycles. The second kappa shape index (κ2) is 4.24. The predicted octanol–water partition coefficient (Wildman–Crippen LogP) is -0.320. The Kier molecular flexibility index (Phi) is 2.77. The van der Waals surface area contributed by atoms with Crippen LogP contribution in [0.4, 0.5) is 11.8 Å². The van der Waals surface area contributed by atoms with Crippen LogP contribution in [0.5, 0.6) is 0 Å². The number of H-pyrrole nitrogens is 1. The summed E-state index contributed by atoms with van der Waals surface area (Å²) in [5.41, 5.74) is 5.78. The molecule has 0 aromatic carbocycles. The third-order valence-corrected chi connectivity index (χ3v) is 2.31. The number of primary amides is 1. The maximum atomic E-state index is 11.0. The van der Waals surface area contributed by atoms with Crippen molar-refractivity contribution in [3.63, 3.8) is 0 Å². The number of aromatic amines is 1. The van der Waals surface area contributed by atoms with E-state index in [1.54, 1.807) is 20.2 Å². The monoisotopic (exact) mass is 235 g/mol. The molecule has 2 rings (SSSR count). The van der Waals surface area contributed by atoms with E-state index in [2.05, 4.69) is 30.8 Å². The molecule has 0 aliphatic rings. The quantitative estimate of drug-likeness (QED) is 0.576. The zero-order valence-electron chi connectivity index (χ0n) is 9.48. The van der Waals surface area contributed by atoms with Crippen LogP contribution in [0.3, 0.4) is 0 Å². The number of nitrogens with one attached hydrogen (secondary N) is 3. The van der Waals surface area contributed by atoms with Crippen LogP contribution in [0.15, 0.2) is 6.20 Å². The van der Waals surface area contributed by atoms with Crippen molar-refractivity contribution in [2.24, 2.45) is 5.73 Å². The summed E-state index contributed by atoms with van der Waals surface area (Å²) in [6, 6.07) is -0.521. The number of anilines is 2. The highest BCUT2D eigenvalue weighted by Gasteiger charge is 2.13. The molecule has 0 radical (unpaired) electrons. The van der Waals surface area contributed by atoms with Gasteiger partial charge in [0, 0.05) is 7.05 Å². The van der Waals surface area contributed by atoms with E-state index < -0.39 is 11.9 Å². The van der Waals surface area contributed by atoms with E-state index in [0.717, 1.165) is 0 Å². The molecule has 2 heterocycles. The molecule has 2 aromatic heterocycles. The van der Waals surface area contributed by atoms with Crippen LogP contribution in [0.1, 0.15) is 6.92 Å². The van der Waals surface area contributed by atoms with Crippen LogP contribution in [-0.4, -0.2) is 39.2 Å². The number of hydrogen-bond acceptors (Lipinski definition) is 6. The molecule has 0 aliphatic heterocycles. The topological polar surface area (TPSA) is 122 Å². The van der Waals surface area contributed by atoms with Crippen molar-refractivity contribution in [3.05, 3.63) is 6.20 Å². The Labute approximate surface area is 97.0 Å². The zero-order valence-corrected chi connectivity index (χ0v) is 9.48. The average Bonchev–Trinajstić information content (AvgIpc) is 2.76. The van der Waals surface area contributed by atoms with Gasteiger partial charge < -0.3 is 16.4 Å². The highest BCUT2D eigenvalue weighted by Crippen LogP contribution is 2.20. The third-order valence-electron chi connectivity index (χ3n) is 2.31. The summed E-state index contributed by atoms with van der Waals surface area (Å²) in [5.74, 6) is 0.492. The Morgan fingerprint density at radius 2 is 2.29 bits per heavy atom. The Balaban J connectivity index is 2.43. The fourth-order valence-corrected chi connectivity index (χ4v) is 1.33. The Bertz CT molecular complexity index is 549. The summed E-state index contributed by atoms with van der Waals surface area (Å²) in [6.45, 7) is 1.66. The maximum Gasteiger partial charge on any atom is 0.239 e. The highest BCUT2D eigenvalue weighted by molar-refractivity contribution is 5.90. The average molecular weight is 235 g/mol. The summed E-state index contributed by atoms with van der Waals surface area (Å²) in [5, 5.41) is 13.1. The Morgan fingerprint density at radius 3 is 2.94 bits per heavy atom. The van der Waals surface area contributed by atoms with Gasteiger partial charge in [0.15, 0.2) is 5.65 Å². The first-order valence-electron chi connectivity index (χ1n) is 5.06. The van der Waals surface area contributed by atoms with Crippen LogP contribution in [0.25, 0.3) is 11.0 Å². The van der Waals surface area contributed by atoms with Crippen LogP contribution in [0, 0.1) is 0 Å². The van der Waals surface area contributed by atoms with Gasteiger partial charge in [-0.1, -0.05) is 0 Å². The predicted molar refractivity (Wildman–Crippen MR) is 63.5 cm³/mol. The summed E-state index contributed by atoms with van der Waals surface area (Å²) in [6.07, 6.45) is 1.59. The summed E-state index contributed by atoms with van der Waals surface area (Å²) >= 11 is 0. The molecule has 0 fully saturated rings. The van der Waals surface area contributed by atoms with Gasteiger partial charge >= 0.3 is 0 Å². The second-order valence-corrected chi connectivity index (χ2v) is 3.55.